The van der Waals surface area contributed by atoms with Crippen molar-refractivity contribution in [2.45, 2.75) is 25.6 Å². The Labute approximate surface area is 160 Å². The zero-order valence-corrected chi connectivity index (χ0v) is 15.2. The number of hydrogen-bond acceptors (Lipinski definition) is 3. The maximum absolute atomic E-state index is 12.7. The molecule has 2 heterocycles. The molecule has 1 aliphatic heterocycles. The molecule has 0 radical (unpaired) electrons. The summed E-state index contributed by atoms with van der Waals surface area (Å²) in [6.45, 7) is 1.51. The van der Waals surface area contributed by atoms with Gasteiger partial charge in [0.1, 0.15) is 5.82 Å². The van der Waals surface area contributed by atoms with Crippen molar-refractivity contribution in [3.05, 3.63) is 58.7 Å². The molecular formula is C19H19ClF3N3O. The maximum Gasteiger partial charge on any atom is 0.417 e. The topological polar surface area (TPSA) is 45.2 Å². The van der Waals surface area contributed by atoms with E-state index in [9.17, 15) is 18.0 Å². The van der Waals surface area contributed by atoms with Crippen LogP contribution in [0.25, 0.3) is 0 Å². The highest BCUT2D eigenvalue weighted by atomic mass is 35.5. The molecule has 0 aliphatic carbocycles. The number of carbonyl (C=O) groups is 1. The second-order valence-corrected chi connectivity index (χ2v) is 6.90. The minimum Gasteiger partial charge on any atom is -0.355 e. The van der Waals surface area contributed by atoms with Crippen molar-refractivity contribution < 1.29 is 18.0 Å². The fraction of sp³-hybridized carbons (Fsp3) is 0.368. The molecule has 1 aromatic heterocycles. The summed E-state index contributed by atoms with van der Waals surface area (Å²) in [5.41, 5.74) is 0.162. The van der Waals surface area contributed by atoms with Crippen LogP contribution in [0.15, 0.2) is 42.6 Å². The van der Waals surface area contributed by atoms with Crippen molar-refractivity contribution in [1.82, 2.24) is 10.3 Å². The second-order valence-electron chi connectivity index (χ2n) is 6.49. The van der Waals surface area contributed by atoms with Gasteiger partial charge in [0.25, 0.3) is 0 Å². The molecule has 144 valence electrons. The van der Waals surface area contributed by atoms with Crippen LogP contribution in [0.2, 0.25) is 5.02 Å². The number of halogens is 4. The molecule has 1 aliphatic rings. The highest BCUT2D eigenvalue weighted by Gasteiger charge is 2.33. The van der Waals surface area contributed by atoms with E-state index in [0.29, 0.717) is 38.3 Å². The summed E-state index contributed by atoms with van der Waals surface area (Å²) in [6.07, 6.45) is -2.49. The number of carbonyl (C=O) groups excluding carboxylic acids is 1. The number of amides is 1. The van der Waals surface area contributed by atoms with Gasteiger partial charge < -0.3 is 10.2 Å². The van der Waals surface area contributed by atoms with Crippen molar-refractivity contribution >= 4 is 23.3 Å². The average Bonchev–Trinajstić information content (AvgIpc) is 2.66. The molecule has 0 atom stereocenters. The number of alkyl halides is 3. The van der Waals surface area contributed by atoms with Gasteiger partial charge in [-0.15, -0.1) is 0 Å². The van der Waals surface area contributed by atoms with Gasteiger partial charge in [-0.3, -0.25) is 4.79 Å². The number of rotatable bonds is 4. The predicted octanol–water partition coefficient (Wildman–Crippen LogP) is 4.29. The molecule has 0 bridgehead atoms. The molecule has 1 saturated heterocycles. The number of anilines is 1. The summed E-state index contributed by atoms with van der Waals surface area (Å²) in [5.74, 6) is 0.191. The van der Waals surface area contributed by atoms with E-state index in [1.165, 1.54) is 0 Å². The Morgan fingerprint density at radius 1 is 1.22 bits per heavy atom. The lowest BCUT2D eigenvalue weighted by atomic mass is 9.95. The van der Waals surface area contributed by atoms with Crippen LogP contribution < -0.4 is 10.2 Å². The van der Waals surface area contributed by atoms with Crippen molar-refractivity contribution in [3.63, 3.8) is 0 Å². The van der Waals surface area contributed by atoms with Crippen LogP contribution in [0.1, 0.15) is 24.0 Å². The largest absolute Gasteiger partial charge is 0.417 e. The minimum absolute atomic E-state index is 0.00928. The Balaban J connectivity index is 1.55. The lowest BCUT2D eigenvalue weighted by Crippen LogP contribution is -2.40. The van der Waals surface area contributed by atoms with Crippen molar-refractivity contribution in [3.8, 4) is 0 Å². The van der Waals surface area contributed by atoms with Gasteiger partial charge in [-0.05, 0) is 24.5 Å². The number of nitrogens with one attached hydrogen (secondary N) is 1. The van der Waals surface area contributed by atoms with Gasteiger partial charge in [-0.25, -0.2) is 4.98 Å². The third-order valence-electron chi connectivity index (χ3n) is 4.62. The van der Waals surface area contributed by atoms with Gasteiger partial charge in [0.05, 0.1) is 10.6 Å². The molecular weight excluding hydrogens is 379 g/mol. The molecule has 0 unspecified atom stereocenters. The molecule has 1 N–H and O–H groups in total. The maximum atomic E-state index is 12.7. The van der Waals surface area contributed by atoms with Crippen molar-refractivity contribution in [2.75, 3.05) is 18.0 Å². The molecule has 3 rings (SSSR count). The quantitative estimate of drug-likeness (QED) is 0.837. The molecule has 2 aromatic rings. The number of nitrogens with zero attached hydrogens (tertiary/aromatic N) is 2. The first-order chi connectivity index (χ1) is 12.8. The molecule has 1 amide bonds. The van der Waals surface area contributed by atoms with E-state index in [4.69, 9.17) is 11.6 Å². The lowest BCUT2D eigenvalue weighted by molar-refractivity contribution is -0.137. The molecule has 0 spiro atoms. The van der Waals surface area contributed by atoms with Gasteiger partial charge in [-0.2, -0.15) is 13.2 Å². The van der Waals surface area contributed by atoms with Gasteiger partial charge >= 0.3 is 6.18 Å². The van der Waals surface area contributed by atoms with E-state index < -0.39 is 11.7 Å². The number of aromatic nitrogens is 1. The fourth-order valence-electron chi connectivity index (χ4n) is 3.10. The zero-order valence-electron chi connectivity index (χ0n) is 14.5. The summed E-state index contributed by atoms with van der Waals surface area (Å²) < 4.78 is 38.2. The number of hydrogen-bond donors (Lipinski definition) is 1. The van der Waals surface area contributed by atoms with E-state index in [1.807, 2.05) is 35.2 Å². The SMILES string of the molecule is O=C(NCc1ccccc1)C1CCN(c2ncc(C(F)(F)F)cc2Cl)CC1. The lowest BCUT2D eigenvalue weighted by Gasteiger charge is -2.32. The zero-order chi connectivity index (χ0) is 19.4. The number of piperidine rings is 1. The standard InChI is InChI=1S/C19H19ClF3N3O/c20-16-10-15(19(21,22)23)12-24-17(16)26-8-6-14(7-9-26)18(27)25-11-13-4-2-1-3-5-13/h1-5,10,12,14H,6-9,11H2,(H,25,27). The van der Waals surface area contributed by atoms with Gasteiger partial charge in [-0.1, -0.05) is 41.9 Å². The van der Waals surface area contributed by atoms with Crippen LogP contribution >= 0.6 is 11.6 Å². The molecule has 1 aromatic carbocycles. The average molecular weight is 398 g/mol. The van der Waals surface area contributed by atoms with E-state index >= 15 is 0 Å². The van der Waals surface area contributed by atoms with Crippen LogP contribution in [-0.4, -0.2) is 24.0 Å². The fourth-order valence-corrected chi connectivity index (χ4v) is 3.39. The second kappa shape index (κ2) is 8.17. The third-order valence-corrected chi connectivity index (χ3v) is 4.90. The van der Waals surface area contributed by atoms with E-state index in [0.717, 1.165) is 17.8 Å². The summed E-state index contributed by atoms with van der Waals surface area (Å²) in [4.78, 5) is 18.1. The summed E-state index contributed by atoms with van der Waals surface area (Å²) >= 11 is 6.00. The van der Waals surface area contributed by atoms with Gasteiger partial charge in [0.15, 0.2) is 0 Å². The Bertz CT molecular complexity index is 791. The summed E-state index contributed by atoms with van der Waals surface area (Å²) in [7, 11) is 0. The van der Waals surface area contributed by atoms with Gasteiger partial charge in [0, 0.05) is 31.7 Å². The van der Waals surface area contributed by atoms with E-state index in [1.54, 1.807) is 0 Å². The number of pyridine rings is 1. The van der Waals surface area contributed by atoms with Gasteiger partial charge in [0.2, 0.25) is 5.91 Å². The monoisotopic (exact) mass is 397 g/mol. The van der Waals surface area contributed by atoms with Crippen LogP contribution in [0.4, 0.5) is 19.0 Å². The Morgan fingerprint density at radius 2 is 1.89 bits per heavy atom. The molecule has 4 nitrogen and oxygen atoms in total. The molecule has 8 heteroatoms. The van der Waals surface area contributed by atoms with Crippen molar-refractivity contribution in [2.24, 2.45) is 5.92 Å². The van der Waals surface area contributed by atoms with Crippen LogP contribution in [-0.2, 0) is 17.5 Å². The first kappa shape index (κ1) is 19.5. The highest BCUT2D eigenvalue weighted by Crippen LogP contribution is 2.34. The van der Waals surface area contributed by atoms with Crippen LogP contribution in [0.5, 0.6) is 0 Å². The van der Waals surface area contributed by atoms with Crippen LogP contribution in [0, 0.1) is 5.92 Å². The predicted molar refractivity (Wildman–Crippen MR) is 97.5 cm³/mol. The smallest absolute Gasteiger partial charge is 0.355 e. The highest BCUT2D eigenvalue weighted by molar-refractivity contribution is 6.33. The first-order valence-corrected chi connectivity index (χ1v) is 9.01. The normalized spacial score (nSPS) is 15.6. The Kier molecular flexibility index (Phi) is 5.89. The summed E-state index contributed by atoms with van der Waals surface area (Å²) in [6, 6.07) is 10.5. The molecule has 27 heavy (non-hydrogen) atoms. The Hall–Kier alpha value is -2.28. The number of benzene rings is 1. The van der Waals surface area contributed by atoms with E-state index in [-0.39, 0.29) is 16.8 Å². The summed E-state index contributed by atoms with van der Waals surface area (Å²) in [5, 5.41) is 2.90. The first-order valence-electron chi connectivity index (χ1n) is 8.64. The van der Waals surface area contributed by atoms with Crippen LogP contribution in [0.3, 0.4) is 0 Å². The van der Waals surface area contributed by atoms with Crippen molar-refractivity contribution in [1.29, 1.82) is 0 Å². The molecule has 0 saturated carbocycles. The minimum atomic E-state index is -4.47. The van der Waals surface area contributed by atoms with E-state index in [2.05, 4.69) is 10.3 Å². The Morgan fingerprint density at radius 3 is 2.48 bits per heavy atom. The third kappa shape index (κ3) is 4.91. The molecule has 1 fully saturated rings.